The van der Waals surface area contributed by atoms with E-state index in [2.05, 4.69) is 22.8 Å². The van der Waals surface area contributed by atoms with E-state index >= 15 is 0 Å². The minimum absolute atomic E-state index is 0.0266. The number of rotatable bonds is 11. The number of aromatic nitrogens is 1. The van der Waals surface area contributed by atoms with Crippen LogP contribution in [-0.2, 0) is 31.9 Å². The molecule has 0 unspecified atom stereocenters. The quantitative estimate of drug-likeness (QED) is 0.328. The number of carbonyl (C=O) groups is 3. The third-order valence-corrected chi connectivity index (χ3v) is 6.36. The number of esters is 1. The lowest BCUT2D eigenvalue weighted by atomic mass is 10.0. The Bertz CT molecular complexity index is 849. The molecular weight excluding hydrogens is 440 g/mol. The molecule has 2 aliphatic heterocycles. The lowest BCUT2D eigenvalue weighted by Crippen LogP contribution is -2.57. The standard InChI is InChI=1S/C24H36N4O6/c1-33-23(30)19(27-22(29)20-16-34-15-14-28(20)24(31)32)10-6-4-2-3-5-9-18-12-11-17-8-7-13-25-21(17)26-18/h11-12,19-20H,2-10,13-16H2,1H3,(H,25,26)(H,27,29)(H,31,32)/t19-,20-/m0/s1. The number of carboxylic acid groups (broad SMARTS) is 1. The first-order valence-electron chi connectivity index (χ1n) is 12.2. The van der Waals surface area contributed by atoms with Crippen LogP contribution in [0.4, 0.5) is 10.6 Å². The fraction of sp³-hybridized carbons (Fsp3) is 0.667. The Hall–Kier alpha value is -2.88. The molecule has 2 atom stereocenters. The summed E-state index contributed by atoms with van der Waals surface area (Å²) in [4.78, 5) is 41.9. The van der Waals surface area contributed by atoms with E-state index in [1.807, 2.05) is 0 Å². The smallest absolute Gasteiger partial charge is 0.408 e. The molecule has 0 radical (unpaired) electrons. The van der Waals surface area contributed by atoms with Crippen LogP contribution in [0.5, 0.6) is 0 Å². The molecular formula is C24H36N4O6. The Morgan fingerprint density at radius 1 is 1.26 bits per heavy atom. The molecule has 0 saturated carbocycles. The predicted octanol–water partition coefficient (Wildman–Crippen LogP) is 2.36. The van der Waals surface area contributed by atoms with E-state index in [1.165, 1.54) is 12.7 Å². The number of fused-ring (bicyclic) bond motifs is 1. The van der Waals surface area contributed by atoms with Gasteiger partial charge in [0.1, 0.15) is 17.9 Å². The molecule has 0 aliphatic carbocycles. The summed E-state index contributed by atoms with van der Waals surface area (Å²) in [5.41, 5.74) is 2.41. The number of nitrogens with zero attached hydrogens (tertiary/aromatic N) is 2. The van der Waals surface area contributed by atoms with Crippen LogP contribution >= 0.6 is 0 Å². The van der Waals surface area contributed by atoms with Gasteiger partial charge in [0.2, 0.25) is 5.91 Å². The lowest BCUT2D eigenvalue weighted by Gasteiger charge is -2.33. The van der Waals surface area contributed by atoms with Crippen molar-refractivity contribution in [2.24, 2.45) is 0 Å². The van der Waals surface area contributed by atoms with Crippen molar-refractivity contribution in [3.63, 3.8) is 0 Å². The number of nitrogens with one attached hydrogen (secondary N) is 2. The van der Waals surface area contributed by atoms with Crippen LogP contribution in [0.15, 0.2) is 12.1 Å². The predicted molar refractivity (Wildman–Crippen MR) is 126 cm³/mol. The van der Waals surface area contributed by atoms with Crippen LogP contribution in [0.3, 0.4) is 0 Å². The van der Waals surface area contributed by atoms with Gasteiger partial charge in [-0.25, -0.2) is 14.6 Å². The van der Waals surface area contributed by atoms with Gasteiger partial charge < -0.3 is 25.2 Å². The summed E-state index contributed by atoms with van der Waals surface area (Å²) >= 11 is 0. The van der Waals surface area contributed by atoms with Crippen molar-refractivity contribution in [1.82, 2.24) is 15.2 Å². The largest absolute Gasteiger partial charge is 0.467 e. The van der Waals surface area contributed by atoms with Gasteiger partial charge in [0.05, 0.1) is 20.3 Å². The zero-order valence-corrected chi connectivity index (χ0v) is 19.9. The second-order valence-electron chi connectivity index (χ2n) is 8.80. The number of aryl methyl sites for hydroxylation is 2. The summed E-state index contributed by atoms with van der Waals surface area (Å²) in [7, 11) is 1.28. The highest BCUT2D eigenvalue weighted by Gasteiger charge is 2.35. The average molecular weight is 477 g/mol. The molecule has 2 amide bonds. The third-order valence-electron chi connectivity index (χ3n) is 6.36. The number of methoxy groups -OCH3 is 1. The van der Waals surface area contributed by atoms with Gasteiger partial charge in [0.25, 0.3) is 0 Å². The van der Waals surface area contributed by atoms with Gasteiger partial charge in [-0.2, -0.15) is 0 Å². The third kappa shape index (κ3) is 7.31. The molecule has 1 fully saturated rings. The van der Waals surface area contributed by atoms with Gasteiger partial charge in [0, 0.05) is 18.8 Å². The van der Waals surface area contributed by atoms with E-state index in [0.717, 1.165) is 74.3 Å². The number of anilines is 1. The molecule has 3 rings (SSSR count). The van der Waals surface area contributed by atoms with Gasteiger partial charge in [-0.1, -0.05) is 31.7 Å². The molecule has 188 valence electrons. The normalized spacial score (nSPS) is 18.4. The van der Waals surface area contributed by atoms with Crippen molar-refractivity contribution in [2.75, 3.05) is 38.7 Å². The van der Waals surface area contributed by atoms with Gasteiger partial charge >= 0.3 is 12.1 Å². The number of carbonyl (C=O) groups excluding carboxylic acids is 2. The summed E-state index contributed by atoms with van der Waals surface area (Å²) in [5.74, 6) is -0.0329. The summed E-state index contributed by atoms with van der Waals surface area (Å²) in [5, 5.41) is 15.3. The Morgan fingerprint density at radius 2 is 2.06 bits per heavy atom. The molecule has 10 nitrogen and oxygen atoms in total. The topological polar surface area (TPSA) is 130 Å². The maximum atomic E-state index is 12.6. The fourth-order valence-electron chi connectivity index (χ4n) is 4.40. The van der Waals surface area contributed by atoms with Crippen LogP contribution in [0.25, 0.3) is 0 Å². The molecule has 1 aromatic heterocycles. The highest BCUT2D eigenvalue weighted by atomic mass is 16.5. The fourth-order valence-corrected chi connectivity index (χ4v) is 4.40. The van der Waals surface area contributed by atoms with Crippen LogP contribution in [-0.4, -0.2) is 78.5 Å². The zero-order valence-electron chi connectivity index (χ0n) is 19.9. The average Bonchev–Trinajstić information content (AvgIpc) is 2.86. The summed E-state index contributed by atoms with van der Waals surface area (Å²) in [6, 6.07) is 2.53. The van der Waals surface area contributed by atoms with Gasteiger partial charge in [-0.05, 0) is 43.7 Å². The molecule has 1 saturated heterocycles. The Balaban J connectivity index is 1.36. The van der Waals surface area contributed by atoms with Crippen molar-refractivity contribution < 1.29 is 29.0 Å². The van der Waals surface area contributed by atoms with Crippen molar-refractivity contribution in [3.05, 3.63) is 23.4 Å². The number of unbranched alkanes of at least 4 members (excludes halogenated alkanes) is 4. The number of pyridine rings is 1. The van der Waals surface area contributed by atoms with Crippen molar-refractivity contribution >= 4 is 23.8 Å². The Kier molecular flexibility index (Phi) is 9.93. The number of morpholine rings is 1. The minimum Gasteiger partial charge on any atom is -0.467 e. The van der Waals surface area contributed by atoms with Gasteiger partial charge in [-0.3, -0.25) is 9.69 Å². The number of ether oxygens (including phenoxy) is 2. The highest BCUT2D eigenvalue weighted by Crippen LogP contribution is 2.20. The molecule has 3 N–H and O–H groups in total. The van der Waals surface area contributed by atoms with Crippen LogP contribution < -0.4 is 10.6 Å². The summed E-state index contributed by atoms with van der Waals surface area (Å²) in [6.45, 7) is 1.33. The molecule has 0 spiro atoms. The monoisotopic (exact) mass is 476 g/mol. The first-order chi connectivity index (χ1) is 16.5. The van der Waals surface area contributed by atoms with E-state index in [-0.39, 0.29) is 19.8 Å². The van der Waals surface area contributed by atoms with Crippen molar-refractivity contribution in [2.45, 2.75) is 69.9 Å². The second-order valence-corrected chi connectivity index (χ2v) is 8.80. The molecule has 10 heteroatoms. The van der Waals surface area contributed by atoms with E-state index in [9.17, 15) is 19.5 Å². The van der Waals surface area contributed by atoms with Crippen LogP contribution in [0.1, 0.15) is 56.2 Å². The number of hydrogen-bond acceptors (Lipinski definition) is 7. The zero-order chi connectivity index (χ0) is 24.3. The summed E-state index contributed by atoms with van der Waals surface area (Å²) < 4.78 is 10.1. The van der Waals surface area contributed by atoms with Crippen molar-refractivity contribution in [3.8, 4) is 0 Å². The van der Waals surface area contributed by atoms with E-state index in [0.29, 0.717) is 6.42 Å². The Morgan fingerprint density at radius 3 is 2.85 bits per heavy atom. The van der Waals surface area contributed by atoms with E-state index in [1.54, 1.807) is 0 Å². The molecule has 0 bridgehead atoms. The van der Waals surface area contributed by atoms with E-state index in [4.69, 9.17) is 14.5 Å². The first-order valence-corrected chi connectivity index (χ1v) is 12.2. The lowest BCUT2D eigenvalue weighted by molar-refractivity contribution is -0.146. The maximum Gasteiger partial charge on any atom is 0.408 e. The van der Waals surface area contributed by atoms with Gasteiger partial charge in [-0.15, -0.1) is 0 Å². The van der Waals surface area contributed by atoms with Crippen molar-refractivity contribution in [1.29, 1.82) is 0 Å². The molecule has 3 heterocycles. The van der Waals surface area contributed by atoms with Crippen LogP contribution in [0.2, 0.25) is 0 Å². The molecule has 1 aromatic rings. The van der Waals surface area contributed by atoms with E-state index < -0.39 is 30.1 Å². The summed E-state index contributed by atoms with van der Waals surface area (Å²) in [6.07, 6.45) is 7.27. The molecule has 34 heavy (non-hydrogen) atoms. The van der Waals surface area contributed by atoms with Gasteiger partial charge in [0.15, 0.2) is 0 Å². The number of hydrogen-bond donors (Lipinski definition) is 3. The minimum atomic E-state index is -1.18. The molecule has 2 aliphatic rings. The molecule has 0 aromatic carbocycles. The Labute approximate surface area is 200 Å². The highest BCUT2D eigenvalue weighted by molar-refractivity contribution is 5.89. The maximum absolute atomic E-state index is 12.6. The SMILES string of the molecule is COC(=O)[C@H](CCCCCCCc1ccc2c(n1)NCCC2)NC(=O)[C@@H]1COCCN1C(=O)O. The first kappa shape index (κ1) is 25.7. The van der Waals surface area contributed by atoms with Crippen LogP contribution in [0, 0.1) is 0 Å². The second kappa shape index (κ2) is 13.1. The number of amides is 2.